The van der Waals surface area contributed by atoms with Gasteiger partial charge in [-0.2, -0.15) is 0 Å². The number of piperazine rings is 1. The third-order valence-electron chi connectivity index (χ3n) is 8.59. The molecule has 0 bridgehead atoms. The van der Waals surface area contributed by atoms with Crippen molar-refractivity contribution in [3.63, 3.8) is 0 Å². The van der Waals surface area contributed by atoms with Crippen LogP contribution in [-0.4, -0.2) is 60.9 Å². The molecular weight excluding hydrogens is 395 g/mol. The van der Waals surface area contributed by atoms with Crippen LogP contribution in [0.2, 0.25) is 0 Å². The number of rotatable bonds is 3. The molecule has 6 heteroatoms. The predicted molar refractivity (Wildman–Crippen MR) is 117 cm³/mol. The van der Waals surface area contributed by atoms with Gasteiger partial charge in [0.05, 0.1) is 17.7 Å². The highest BCUT2D eigenvalue weighted by Crippen LogP contribution is 2.56. The summed E-state index contributed by atoms with van der Waals surface area (Å²) in [5.74, 6) is -0.417. The van der Waals surface area contributed by atoms with E-state index in [9.17, 15) is 14.3 Å². The van der Waals surface area contributed by atoms with E-state index in [1.165, 1.54) is 11.6 Å². The lowest BCUT2D eigenvalue weighted by Gasteiger charge is -2.52. The molecule has 1 saturated carbocycles. The van der Waals surface area contributed by atoms with E-state index >= 15 is 0 Å². The molecule has 0 unspecified atom stereocenters. The zero-order valence-electron chi connectivity index (χ0n) is 18.5. The van der Waals surface area contributed by atoms with Crippen LogP contribution in [0.4, 0.5) is 10.1 Å². The minimum Gasteiger partial charge on any atom is -0.461 e. The summed E-state index contributed by atoms with van der Waals surface area (Å²) < 4.78 is 19.9. The Morgan fingerprint density at radius 3 is 2.71 bits per heavy atom. The van der Waals surface area contributed by atoms with E-state index < -0.39 is 6.10 Å². The minimum atomic E-state index is -0.566. The summed E-state index contributed by atoms with van der Waals surface area (Å²) in [5.41, 5.74) is 1.64. The number of aliphatic hydroxyl groups is 1. The lowest BCUT2D eigenvalue weighted by Crippen LogP contribution is -2.55. The smallest absolute Gasteiger partial charge is 0.311 e. The molecule has 2 aliphatic heterocycles. The number of carbonyl (C=O) groups is 1. The highest BCUT2D eigenvalue weighted by atomic mass is 19.1. The second kappa shape index (κ2) is 7.89. The van der Waals surface area contributed by atoms with Gasteiger partial charge in [-0.3, -0.25) is 9.69 Å². The summed E-state index contributed by atoms with van der Waals surface area (Å²) in [7, 11) is 0. The number of esters is 1. The molecule has 31 heavy (non-hydrogen) atoms. The average Bonchev–Trinajstić information content (AvgIpc) is 3.06. The Morgan fingerprint density at radius 1 is 1.23 bits per heavy atom. The fourth-order valence-corrected chi connectivity index (χ4v) is 6.43. The monoisotopic (exact) mass is 428 g/mol. The fraction of sp³-hybridized carbons (Fsp3) is 0.640. The number of hydrogen-bond donors (Lipinski definition) is 1. The van der Waals surface area contributed by atoms with Crippen LogP contribution in [0.15, 0.2) is 35.9 Å². The maximum absolute atomic E-state index is 14.1. The zero-order valence-corrected chi connectivity index (χ0v) is 18.5. The summed E-state index contributed by atoms with van der Waals surface area (Å²) in [6.07, 6.45) is 4.36. The Balaban J connectivity index is 1.28. The number of allylic oxidation sites excluding steroid dienone is 1. The van der Waals surface area contributed by atoms with Gasteiger partial charge in [-0.1, -0.05) is 37.6 Å². The van der Waals surface area contributed by atoms with E-state index in [1.807, 2.05) is 12.1 Å². The fourth-order valence-electron chi connectivity index (χ4n) is 6.43. The molecule has 1 aromatic carbocycles. The van der Waals surface area contributed by atoms with Gasteiger partial charge in [0.25, 0.3) is 0 Å². The van der Waals surface area contributed by atoms with Crippen LogP contribution >= 0.6 is 0 Å². The van der Waals surface area contributed by atoms with E-state index in [1.54, 1.807) is 6.07 Å². The van der Waals surface area contributed by atoms with Crippen LogP contribution in [0.25, 0.3) is 0 Å². The van der Waals surface area contributed by atoms with Gasteiger partial charge in [-0.15, -0.1) is 0 Å². The Labute approximate surface area is 183 Å². The van der Waals surface area contributed by atoms with Gasteiger partial charge in [-0.05, 0) is 30.9 Å². The number of hydrogen-bond acceptors (Lipinski definition) is 5. The van der Waals surface area contributed by atoms with E-state index in [2.05, 4.69) is 29.7 Å². The molecule has 6 atom stereocenters. The summed E-state index contributed by atoms with van der Waals surface area (Å²) in [6, 6.07) is 6.89. The highest BCUT2D eigenvalue weighted by Gasteiger charge is 2.59. The van der Waals surface area contributed by atoms with Crippen molar-refractivity contribution in [2.75, 3.05) is 37.6 Å². The first kappa shape index (κ1) is 21.0. The van der Waals surface area contributed by atoms with Crippen LogP contribution < -0.4 is 4.90 Å². The predicted octanol–water partition coefficient (Wildman–Crippen LogP) is 3.23. The second-order valence-corrected chi connectivity index (χ2v) is 10.0. The molecule has 1 N–H and O–H groups in total. The number of halogens is 1. The maximum Gasteiger partial charge on any atom is 0.311 e. The van der Waals surface area contributed by atoms with Crippen LogP contribution in [0.3, 0.4) is 0 Å². The quantitative estimate of drug-likeness (QED) is 0.592. The van der Waals surface area contributed by atoms with Crippen LogP contribution in [-0.2, 0) is 9.53 Å². The van der Waals surface area contributed by atoms with Crippen molar-refractivity contribution < 1.29 is 19.0 Å². The number of para-hydroxylation sites is 1. The van der Waals surface area contributed by atoms with Crippen LogP contribution in [0.5, 0.6) is 0 Å². The lowest BCUT2D eigenvalue weighted by atomic mass is 9.55. The molecule has 0 aromatic heterocycles. The Bertz CT molecular complexity index is 881. The molecule has 168 valence electrons. The molecule has 0 amide bonds. The van der Waals surface area contributed by atoms with Gasteiger partial charge in [-0.25, -0.2) is 4.39 Å². The normalized spacial score (nSPS) is 38.3. The highest BCUT2D eigenvalue weighted by molar-refractivity contribution is 5.76. The van der Waals surface area contributed by atoms with Gasteiger partial charge in [0, 0.05) is 50.5 Å². The van der Waals surface area contributed by atoms with Crippen molar-refractivity contribution in [3.05, 3.63) is 41.7 Å². The standard InChI is InChI=1S/C25H33FN2O3/c1-16-6-5-7-17-14-21-22(23(29)25(16,17)2)18(24(30)31-21)15-27-10-12-28(13-11-27)20-9-4-3-8-19(20)26/h3-4,7-9,16,18,21-23,29H,5-6,10-15H2,1-2H3/t16-,18-,21-,22-,23+,25-/m1/s1. The van der Waals surface area contributed by atoms with Gasteiger partial charge in [0.2, 0.25) is 0 Å². The first-order chi connectivity index (χ1) is 14.9. The van der Waals surface area contributed by atoms with Crippen molar-refractivity contribution in [1.82, 2.24) is 4.90 Å². The topological polar surface area (TPSA) is 53.0 Å². The lowest BCUT2D eigenvalue weighted by molar-refractivity contribution is -0.145. The SMILES string of the molecule is C[C@@H]1CCC=C2C[C@H]3OC(=O)[C@H](CN4CCN(c5ccccc5F)CC4)[C@H]3[C@H](O)[C@@]21C. The molecule has 5 nitrogen and oxygen atoms in total. The second-order valence-electron chi connectivity index (χ2n) is 10.0. The Hall–Kier alpha value is -1.92. The molecule has 1 aromatic rings. The molecule has 2 heterocycles. The molecule has 3 fully saturated rings. The van der Waals surface area contributed by atoms with Crippen molar-refractivity contribution in [2.24, 2.45) is 23.2 Å². The molecular formula is C25H33FN2O3. The number of nitrogens with zero attached hydrogens (tertiary/aromatic N) is 2. The number of carbonyl (C=O) groups excluding carboxylic acids is 1. The minimum absolute atomic E-state index is 0.153. The van der Waals surface area contributed by atoms with Crippen molar-refractivity contribution in [1.29, 1.82) is 0 Å². The first-order valence-electron chi connectivity index (χ1n) is 11.7. The van der Waals surface area contributed by atoms with Crippen molar-refractivity contribution >= 4 is 11.7 Å². The van der Waals surface area contributed by atoms with E-state index in [4.69, 9.17) is 4.74 Å². The number of anilines is 1. The molecule has 5 rings (SSSR count). The number of ether oxygens (including phenoxy) is 1. The third kappa shape index (κ3) is 3.39. The number of aliphatic hydroxyl groups excluding tert-OH is 1. The third-order valence-corrected chi connectivity index (χ3v) is 8.59. The van der Waals surface area contributed by atoms with E-state index in [0.717, 1.165) is 45.4 Å². The number of fused-ring (bicyclic) bond motifs is 2. The summed E-state index contributed by atoms with van der Waals surface area (Å²) >= 11 is 0. The first-order valence-corrected chi connectivity index (χ1v) is 11.7. The Kier molecular flexibility index (Phi) is 5.33. The van der Waals surface area contributed by atoms with Gasteiger partial charge in [0.1, 0.15) is 11.9 Å². The number of benzene rings is 1. The van der Waals surface area contributed by atoms with Gasteiger partial charge >= 0.3 is 5.97 Å². The van der Waals surface area contributed by atoms with Crippen LogP contribution in [0.1, 0.15) is 33.1 Å². The van der Waals surface area contributed by atoms with Gasteiger partial charge < -0.3 is 14.7 Å². The van der Waals surface area contributed by atoms with Crippen molar-refractivity contribution in [3.8, 4) is 0 Å². The largest absolute Gasteiger partial charge is 0.461 e. The summed E-state index contributed by atoms with van der Waals surface area (Å²) in [6.45, 7) is 7.99. The van der Waals surface area contributed by atoms with E-state index in [0.29, 0.717) is 18.2 Å². The molecule has 4 aliphatic rings. The Morgan fingerprint density at radius 2 is 1.97 bits per heavy atom. The van der Waals surface area contributed by atoms with E-state index in [-0.39, 0.29) is 35.1 Å². The summed E-state index contributed by atoms with van der Waals surface area (Å²) in [4.78, 5) is 17.2. The zero-order chi connectivity index (χ0) is 21.8. The maximum atomic E-state index is 14.1. The average molecular weight is 429 g/mol. The molecule has 0 radical (unpaired) electrons. The van der Waals surface area contributed by atoms with Gasteiger partial charge in [0.15, 0.2) is 0 Å². The van der Waals surface area contributed by atoms with Crippen molar-refractivity contribution in [2.45, 2.75) is 45.3 Å². The molecule has 2 saturated heterocycles. The van der Waals surface area contributed by atoms with Crippen LogP contribution in [0, 0.1) is 29.0 Å². The summed E-state index contributed by atoms with van der Waals surface area (Å²) in [5, 5.41) is 11.5. The molecule has 2 aliphatic carbocycles. The molecule has 0 spiro atoms.